The smallest absolute Gasteiger partial charge is 0.238 e. The summed E-state index contributed by atoms with van der Waals surface area (Å²) in [4.78, 5) is 17.7. The summed E-state index contributed by atoms with van der Waals surface area (Å²) >= 11 is 5.82. The maximum Gasteiger partial charge on any atom is 0.238 e. The van der Waals surface area contributed by atoms with Crippen LogP contribution in [0.15, 0.2) is 12.4 Å². The van der Waals surface area contributed by atoms with Gasteiger partial charge in [0.2, 0.25) is 5.91 Å². The second kappa shape index (κ2) is 4.39. The predicted molar refractivity (Wildman–Crippen MR) is 59.9 cm³/mol. The van der Waals surface area contributed by atoms with Crippen molar-refractivity contribution >= 4 is 34.2 Å². The number of aromatic amines is 1. The van der Waals surface area contributed by atoms with Crippen molar-refractivity contribution in [2.24, 2.45) is 0 Å². The first-order valence-electron chi connectivity index (χ1n) is 4.61. The van der Waals surface area contributed by atoms with Crippen LogP contribution in [0, 0.1) is 17.1 Å². The van der Waals surface area contributed by atoms with Crippen LogP contribution >= 0.6 is 11.6 Å². The van der Waals surface area contributed by atoms with Gasteiger partial charge in [-0.15, -0.1) is 0 Å². The Kier molecular flexibility index (Phi) is 2.93. The highest BCUT2D eigenvalue weighted by atomic mass is 35.5. The molecule has 0 bridgehead atoms. The minimum Gasteiger partial charge on any atom is -0.344 e. The number of hydrogen-bond acceptors (Lipinski definition) is 3. The largest absolute Gasteiger partial charge is 0.344 e. The molecule has 2 N–H and O–H groups in total. The third kappa shape index (κ3) is 2.05. The van der Waals surface area contributed by atoms with E-state index in [1.54, 1.807) is 6.07 Å². The van der Waals surface area contributed by atoms with Crippen molar-refractivity contribution in [3.05, 3.63) is 23.2 Å². The van der Waals surface area contributed by atoms with Gasteiger partial charge in [-0.3, -0.25) is 4.79 Å². The number of amides is 1. The van der Waals surface area contributed by atoms with Gasteiger partial charge in [-0.25, -0.2) is 9.37 Å². The summed E-state index contributed by atoms with van der Waals surface area (Å²) in [5, 5.41) is 10.6. The fourth-order valence-corrected chi connectivity index (χ4v) is 1.62. The van der Waals surface area contributed by atoms with E-state index >= 15 is 0 Å². The second-order valence-corrected chi connectivity index (χ2v) is 3.64. The van der Waals surface area contributed by atoms with Crippen molar-refractivity contribution in [2.75, 3.05) is 5.32 Å². The third-order valence-electron chi connectivity index (χ3n) is 2.11. The Labute approximate surface area is 100 Å². The molecule has 1 aromatic heterocycles. The van der Waals surface area contributed by atoms with Gasteiger partial charge in [0.15, 0.2) is 5.82 Å². The number of nitriles is 1. The number of carbonyl (C=O) groups is 1. The van der Waals surface area contributed by atoms with Crippen LogP contribution in [0.1, 0.15) is 6.42 Å². The molecule has 7 heteroatoms. The molecule has 0 aliphatic rings. The van der Waals surface area contributed by atoms with Gasteiger partial charge in [-0.2, -0.15) is 5.26 Å². The van der Waals surface area contributed by atoms with Crippen molar-refractivity contribution < 1.29 is 9.18 Å². The predicted octanol–water partition coefficient (Wildman–Crippen LogP) is 2.21. The summed E-state index contributed by atoms with van der Waals surface area (Å²) in [6.45, 7) is 0. The van der Waals surface area contributed by atoms with Crippen molar-refractivity contribution in [1.82, 2.24) is 9.97 Å². The molecule has 0 atom stereocenters. The third-order valence-corrected chi connectivity index (χ3v) is 2.41. The highest BCUT2D eigenvalue weighted by Crippen LogP contribution is 2.30. The van der Waals surface area contributed by atoms with Gasteiger partial charge in [-0.05, 0) is 6.07 Å². The Morgan fingerprint density at radius 3 is 3.18 bits per heavy atom. The molecular formula is C10H6ClFN4O. The normalized spacial score (nSPS) is 10.2. The lowest BCUT2D eigenvalue weighted by Gasteiger charge is -2.07. The molecular weight excluding hydrogens is 247 g/mol. The molecule has 0 fully saturated rings. The van der Waals surface area contributed by atoms with Gasteiger partial charge < -0.3 is 10.3 Å². The molecule has 2 rings (SSSR count). The molecule has 0 saturated heterocycles. The molecule has 5 nitrogen and oxygen atoms in total. The molecule has 0 saturated carbocycles. The van der Waals surface area contributed by atoms with Crippen LogP contribution in [-0.4, -0.2) is 15.9 Å². The Bertz CT molecular complexity index is 631. The molecule has 17 heavy (non-hydrogen) atoms. The number of imidazole rings is 1. The van der Waals surface area contributed by atoms with Gasteiger partial charge in [-0.1, -0.05) is 11.6 Å². The number of anilines is 1. The van der Waals surface area contributed by atoms with Gasteiger partial charge in [0, 0.05) is 0 Å². The van der Waals surface area contributed by atoms with E-state index < -0.39 is 11.7 Å². The summed E-state index contributed by atoms with van der Waals surface area (Å²) in [5.41, 5.74) is 0.360. The Morgan fingerprint density at radius 1 is 1.71 bits per heavy atom. The number of halogens is 2. The van der Waals surface area contributed by atoms with E-state index in [-0.39, 0.29) is 22.6 Å². The Hall–Kier alpha value is -2.13. The van der Waals surface area contributed by atoms with E-state index in [4.69, 9.17) is 16.9 Å². The molecule has 0 aliphatic carbocycles. The lowest BCUT2D eigenvalue weighted by atomic mass is 10.2. The van der Waals surface area contributed by atoms with Crippen molar-refractivity contribution in [3.63, 3.8) is 0 Å². The maximum absolute atomic E-state index is 13.9. The van der Waals surface area contributed by atoms with E-state index in [0.29, 0.717) is 5.52 Å². The summed E-state index contributed by atoms with van der Waals surface area (Å²) in [5.74, 6) is -1.34. The number of rotatable bonds is 2. The lowest BCUT2D eigenvalue weighted by molar-refractivity contribution is -0.115. The highest BCUT2D eigenvalue weighted by molar-refractivity contribution is 6.34. The van der Waals surface area contributed by atoms with Gasteiger partial charge in [0.1, 0.15) is 11.9 Å². The minimum atomic E-state index is -0.722. The van der Waals surface area contributed by atoms with E-state index in [2.05, 4.69) is 15.3 Å². The molecule has 1 aromatic carbocycles. The second-order valence-electron chi connectivity index (χ2n) is 3.23. The van der Waals surface area contributed by atoms with Crippen LogP contribution in [0.25, 0.3) is 11.0 Å². The lowest BCUT2D eigenvalue weighted by Crippen LogP contribution is -2.12. The van der Waals surface area contributed by atoms with Crippen LogP contribution in [0.3, 0.4) is 0 Å². The molecule has 2 aromatic rings. The fourth-order valence-electron chi connectivity index (χ4n) is 1.38. The number of nitrogens with one attached hydrogen (secondary N) is 2. The zero-order valence-corrected chi connectivity index (χ0v) is 9.18. The number of benzene rings is 1. The van der Waals surface area contributed by atoms with Crippen LogP contribution in [-0.2, 0) is 4.79 Å². The monoisotopic (exact) mass is 252 g/mol. The molecule has 0 spiro atoms. The first-order valence-corrected chi connectivity index (χ1v) is 4.99. The molecule has 86 valence electrons. The maximum atomic E-state index is 13.9. The van der Waals surface area contributed by atoms with E-state index in [1.807, 2.05) is 0 Å². The van der Waals surface area contributed by atoms with Crippen molar-refractivity contribution in [1.29, 1.82) is 5.26 Å². The topological polar surface area (TPSA) is 81.6 Å². The first kappa shape index (κ1) is 11.4. The first-order chi connectivity index (χ1) is 8.13. The average molecular weight is 253 g/mol. The summed E-state index contributed by atoms with van der Waals surface area (Å²) in [7, 11) is 0. The average Bonchev–Trinajstić information content (AvgIpc) is 2.72. The fraction of sp³-hybridized carbons (Fsp3) is 0.100. The molecule has 0 unspecified atom stereocenters. The zero-order valence-electron chi connectivity index (χ0n) is 8.42. The summed E-state index contributed by atoms with van der Waals surface area (Å²) in [6, 6.07) is 3.11. The molecule has 0 aliphatic heterocycles. The summed E-state index contributed by atoms with van der Waals surface area (Å²) < 4.78 is 13.9. The van der Waals surface area contributed by atoms with Crippen LogP contribution in [0.2, 0.25) is 5.02 Å². The molecule has 0 radical (unpaired) electrons. The molecule has 1 amide bonds. The number of aromatic nitrogens is 2. The van der Waals surface area contributed by atoms with Crippen molar-refractivity contribution in [3.8, 4) is 6.07 Å². The number of carbonyl (C=O) groups excluding carboxylic acids is 1. The zero-order chi connectivity index (χ0) is 12.4. The summed E-state index contributed by atoms with van der Waals surface area (Å²) in [6.07, 6.45) is 0.958. The van der Waals surface area contributed by atoms with Crippen LogP contribution in [0.4, 0.5) is 10.1 Å². The SMILES string of the molecule is N#CCC(=O)Nc1c(Cl)cc2[nH]cnc2c1F. The van der Waals surface area contributed by atoms with Gasteiger partial charge in [0.05, 0.1) is 28.6 Å². The number of hydrogen-bond donors (Lipinski definition) is 2. The Morgan fingerprint density at radius 2 is 2.47 bits per heavy atom. The molecule has 1 heterocycles. The minimum absolute atomic E-state index is 0.0468. The van der Waals surface area contributed by atoms with Crippen LogP contribution < -0.4 is 5.32 Å². The number of fused-ring (bicyclic) bond motifs is 1. The van der Waals surface area contributed by atoms with Crippen molar-refractivity contribution in [2.45, 2.75) is 6.42 Å². The van der Waals surface area contributed by atoms with Gasteiger partial charge in [0.25, 0.3) is 0 Å². The standard InChI is InChI=1S/C10H6ClFN4O/c11-5-3-6-10(15-4-14-6)8(12)9(5)16-7(17)1-2-13/h3-4H,1H2,(H,14,15)(H,16,17). The number of nitrogens with zero attached hydrogens (tertiary/aromatic N) is 2. The van der Waals surface area contributed by atoms with E-state index in [9.17, 15) is 9.18 Å². The highest BCUT2D eigenvalue weighted by Gasteiger charge is 2.16. The number of H-pyrrole nitrogens is 1. The van der Waals surface area contributed by atoms with E-state index in [0.717, 1.165) is 0 Å². The Balaban J connectivity index is 2.46. The quantitative estimate of drug-likeness (QED) is 0.860. The van der Waals surface area contributed by atoms with Gasteiger partial charge >= 0.3 is 0 Å². The van der Waals surface area contributed by atoms with Crippen LogP contribution in [0.5, 0.6) is 0 Å². The van der Waals surface area contributed by atoms with E-state index in [1.165, 1.54) is 12.4 Å².